The lowest BCUT2D eigenvalue weighted by Gasteiger charge is -1.93. The van der Waals surface area contributed by atoms with Crippen LogP contribution in [-0.4, -0.2) is 16.5 Å². The Morgan fingerprint density at radius 2 is 2.83 bits per heavy atom. The molecular weight excluding hydrogens is 116 g/mol. The molecule has 0 saturated heterocycles. The van der Waals surface area contributed by atoms with Gasteiger partial charge in [-0.05, 0) is 11.9 Å². The molecule has 0 saturated carbocycles. The molecule has 0 unspecified atom stereocenters. The van der Waals surface area contributed by atoms with Gasteiger partial charge in [-0.15, -0.1) is 0 Å². The van der Waals surface area contributed by atoms with Crippen molar-refractivity contribution in [3.05, 3.63) is 0 Å². The van der Waals surface area contributed by atoms with Gasteiger partial charge in [-0.25, -0.2) is 4.40 Å². The third-order valence-electron chi connectivity index (χ3n) is 0.435. The molecule has 0 atom stereocenters. The van der Waals surface area contributed by atoms with Gasteiger partial charge < -0.3 is 0 Å². The SMILES string of the molecule is [S]N1C=NSC1. The van der Waals surface area contributed by atoms with E-state index in [1.165, 1.54) is 11.9 Å². The molecule has 0 spiro atoms. The third-order valence-corrected chi connectivity index (χ3v) is 1.46. The molecule has 0 amide bonds. The van der Waals surface area contributed by atoms with Gasteiger partial charge in [0.05, 0.1) is 5.88 Å². The molecule has 0 aromatic carbocycles. The van der Waals surface area contributed by atoms with E-state index < -0.39 is 0 Å². The summed E-state index contributed by atoms with van der Waals surface area (Å²) < 4.78 is 5.39. The first kappa shape index (κ1) is 4.33. The maximum Gasteiger partial charge on any atom is 0.110 e. The molecule has 0 N–H and O–H groups in total. The van der Waals surface area contributed by atoms with Crippen LogP contribution in [-0.2, 0) is 0 Å². The number of nitrogens with zero attached hydrogens (tertiary/aromatic N) is 2. The second kappa shape index (κ2) is 1.75. The number of rotatable bonds is 0. The van der Waals surface area contributed by atoms with Gasteiger partial charge in [0.15, 0.2) is 0 Å². The predicted octanol–water partition coefficient (Wildman–Crippen LogP) is 1.05. The molecule has 4 heteroatoms. The van der Waals surface area contributed by atoms with E-state index in [9.17, 15) is 0 Å². The van der Waals surface area contributed by atoms with E-state index in [-0.39, 0.29) is 0 Å². The smallest absolute Gasteiger partial charge is 0.110 e. The lowest BCUT2D eigenvalue weighted by Crippen LogP contribution is -2.00. The van der Waals surface area contributed by atoms with E-state index in [1.807, 2.05) is 0 Å². The summed E-state index contributed by atoms with van der Waals surface area (Å²) in [6.45, 7) is 0. The minimum Gasteiger partial charge on any atom is -0.284 e. The number of hydrogen-bond donors (Lipinski definition) is 0. The van der Waals surface area contributed by atoms with Gasteiger partial charge in [-0.1, -0.05) is 0 Å². The van der Waals surface area contributed by atoms with Crippen LogP contribution in [0.2, 0.25) is 0 Å². The summed E-state index contributed by atoms with van der Waals surface area (Å²) in [5.41, 5.74) is 0. The minimum absolute atomic E-state index is 0.829. The molecule has 0 aliphatic carbocycles. The fraction of sp³-hybridized carbons (Fsp3) is 0.500. The van der Waals surface area contributed by atoms with E-state index in [4.69, 9.17) is 0 Å². The van der Waals surface area contributed by atoms with Crippen molar-refractivity contribution >= 4 is 31.1 Å². The van der Waals surface area contributed by atoms with Gasteiger partial charge in [0.25, 0.3) is 0 Å². The Hall–Kier alpha value is 0.170. The van der Waals surface area contributed by atoms with E-state index in [0.717, 1.165) is 5.88 Å². The van der Waals surface area contributed by atoms with Gasteiger partial charge in [0.1, 0.15) is 6.34 Å². The summed E-state index contributed by atoms with van der Waals surface area (Å²) >= 11 is 6.14. The average Bonchev–Trinajstić information content (AvgIpc) is 1.86. The van der Waals surface area contributed by atoms with E-state index in [0.29, 0.717) is 0 Å². The molecule has 0 bridgehead atoms. The largest absolute Gasteiger partial charge is 0.284 e. The first-order valence-electron chi connectivity index (χ1n) is 1.49. The van der Waals surface area contributed by atoms with Crippen molar-refractivity contribution in [2.24, 2.45) is 4.40 Å². The van der Waals surface area contributed by atoms with Crippen molar-refractivity contribution in [3.63, 3.8) is 0 Å². The zero-order valence-corrected chi connectivity index (χ0v) is 4.63. The van der Waals surface area contributed by atoms with Gasteiger partial charge in [-0.2, -0.15) is 0 Å². The molecule has 1 aliphatic rings. The highest BCUT2D eigenvalue weighted by molar-refractivity contribution is 7.99. The quantitative estimate of drug-likeness (QED) is 0.443. The summed E-state index contributed by atoms with van der Waals surface area (Å²) in [6.07, 6.45) is 1.64. The van der Waals surface area contributed by atoms with Crippen LogP contribution in [0.3, 0.4) is 0 Å². The molecule has 1 rings (SSSR count). The Morgan fingerprint density at radius 3 is 3.00 bits per heavy atom. The predicted molar refractivity (Wildman–Crippen MR) is 30.4 cm³/mol. The van der Waals surface area contributed by atoms with Crippen LogP contribution in [0.25, 0.3) is 0 Å². The van der Waals surface area contributed by atoms with Crippen LogP contribution < -0.4 is 0 Å². The molecule has 1 heterocycles. The standard InChI is InChI=1S/C2H3N2S2/c5-4-1-3-6-2-4/h1H,2H2. The fourth-order valence-electron chi connectivity index (χ4n) is 0.209. The average molecular weight is 119 g/mol. The molecule has 2 nitrogen and oxygen atoms in total. The van der Waals surface area contributed by atoms with Crippen molar-refractivity contribution in [2.45, 2.75) is 0 Å². The molecule has 33 valence electrons. The molecule has 1 aliphatic heterocycles. The van der Waals surface area contributed by atoms with Crippen LogP contribution in [0, 0.1) is 0 Å². The zero-order valence-electron chi connectivity index (χ0n) is 3.00. The first-order chi connectivity index (χ1) is 2.89. The van der Waals surface area contributed by atoms with Crippen molar-refractivity contribution in [1.82, 2.24) is 4.31 Å². The maximum atomic E-state index is 4.67. The van der Waals surface area contributed by atoms with E-state index in [2.05, 4.69) is 17.2 Å². The summed E-state index contributed by atoms with van der Waals surface area (Å²) in [5.74, 6) is 0.829. The number of hydrogen-bond acceptors (Lipinski definition) is 3. The van der Waals surface area contributed by atoms with Crippen LogP contribution >= 0.6 is 24.8 Å². The Kier molecular flexibility index (Phi) is 1.26. The minimum atomic E-state index is 0.829. The first-order valence-corrected chi connectivity index (χ1v) is 2.79. The van der Waals surface area contributed by atoms with Gasteiger partial charge in [-0.3, -0.25) is 4.31 Å². The maximum absolute atomic E-state index is 4.67. The van der Waals surface area contributed by atoms with Crippen molar-refractivity contribution in [2.75, 3.05) is 5.88 Å². The van der Waals surface area contributed by atoms with E-state index >= 15 is 0 Å². The Balaban J connectivity index is 2.38. The molecule has 1 radical (unpaired) electrons. The monoisotopic (exact) mass is 119 g/mol. The molecule has 6 heavy (non-hydrogen) atoms. The Morgan fingerprint density at radius 1 is 2.00 bits per heavy atom. The summed E-state index contributed by atoms with van der Waals surface area (Å²) in [6, 6.07) is 0. The van der Waals surface area contributed by atoms with Crippen LogP contribution in [0.1, 0.15) is 0 Å². The topological polar surface area (TPSA) is 15.6 Å². The Bertz CT molecular complexity index is 71.9. The van der Waals surface area contributed by atoms with Crippen molar-refractivity contribution < 1.29 is 0 Å². The third kappa shape index (κ3) is 0.815. The highest BCUT2D eigenvalue weighted by atomic mass is 32.2. The zero-order chi connectivity index (χ0) is 4.41. The summed E-state index contributed by atoms with van der Waals surface area (Å²) in [4.78, 5) is 0. The second-order valence-electron chi connectivity index (χ2n) is 0.896. The van der Waals surface area contributed by atoms with Crippen LogP contribution in [0.4, 0.5) is 0 Å². The highest BCUT2D eigenvalue weighted by Gasteiger charge is 1.97. The van der Waals surface area contributed by atoms with E-state index in [1.54, 1.807) is 10.6 Å². The lowest BCUT2D eigenvalue weighted by atomic mass is 11.2. The highest BCUT2D eigenvalue weighted by Crippen LogP contribution is 2.11. The molecule has 0 fully saturated rings. The van der Waals surface area contributed by atoms with Gasteiger partial charge in [0.2, 0.25) is 0 Å². The summed E-state index contributed by atoms with van der Waals surface area (Å²) in [5, 5.41) is 0. The van der Waals surface area contributed by atoms with Gasteiger partial charge >= 0.3 is 0 Å². The van der Waals surface area contributed by atoms with Crippen LogP contribution in [0.5, 0.6) is 0 Å². The van der Waals surface area contributed by atoms with Crippen molar-refractivity contribution in [1.29, 1.82) is 0 Å². The van der Waals surface area contributed by atoms with Crippen LogP contribution in [0.15, 0.2) is 4.40 Å². The Labute approximate surface area is 46.3 Å². The molecule has 0 aromatic heterocycles. The van der Waals surface area contributed by atoms with Crippen molar-refractivity contribution in [3.8, 4) is 0 Å². The normalized spacial score (nSPS) is 19.8. The molecule has 0 aromatic rings. The fourth-order valence-corrected chi connectivity index (χ4v) is 0.885. The second-order valence-corrected chi connectivity index (χ2v) is 2.09. The summed E-state index contributed by atoms with van der Waals surface area (Å²) in [7, 11) is 0. The van der Waals surface area contributed by atoms with Gasteiger partial charge in [0, 0.05) is 12.8 Å². The lowest BCUT2D eigenvalue weighted by molar-refractivity contribution is 0.868. The molecular formula is C2H3N2S2.